The first-order valence-corrected chi connectivity index (χ1v) is 8.30. The summed E-state index contributed by atoms with van der Waals surface area (Å²) >= 11 is 7.56. The van der Waals surface area contributed by atoms with E-state index in [1.54, 1.807) is 11.3 Å². The zero-order valence-corrected chi connectivity index (χ0v) is 14.0. The van der Waals surface area contributed by atoms with E-state index >= 15 is 0 Å². The molecule has 5 heteroatoms. The topological polar surface area (TPSA) is 37.8 Å². The number of benzene rings is 1. The van der Waals surface area contributed by atoms with Gasteiger partial charge in [-0.05, 0) is 49.7 Å². The van der Waals surface area contributed by atoms with Crippen LogP contribution in [0.25, 0.3) is 10.6 Å². The van der Waals surface area contributed by atoms with Crippen molar-refractivity contribution >= 4 is 33.6 Å². The van der Waals surface area contributed by atoms with E-state index in [-0.39, 0.29) is 0 Å². The van der Waals surface area contributed by atoms with Crippen LogP contribution in [0.15, 0.2) is 42.6 Å². The number of hydrogen-bond acceptors (Lipinski definition) is 4. The van der Waals surface area contributed by atoms with Gasteiger partial charge in [0.15, 0.2) is 0 Å². The summed E-state index contributed by atoms with van der Waals surface area (Å²) in [7, 11) is 0. The molecule has 0 fully saturated rings. The van der Waals surface area contributed by atoms with Crippen LogP contribution in [-0.2, 0) is 6.42 Å². The summed E-state index contributed by atoms with van der Waals surface area (Å²) in [4.78, 5) is 9.01. The summed E-state index contributed by atoms with van der Waals surface area (Å²) in [5.41, 5.74) is 4.19. The van der Waals surface area contributed by atoms with Gasteiger partial charge >= 0.3 is 0 Å². The molecule has 0 aliphatic rings. The van der Waals surface area contributed by atoms with Crippen molar-refractivity contribution in [3.05, 3.63) is 59.0 Å². The number of thiazole rings is 1. The van der Waals surface area contributed by atoms with Gasteiger partial charge in [0.1, 0.15) is 10.0 Å². The molecule has 0 aliphatic heterocycles. The maximum absolute atomic E-state index is 5.92. The highest BCUT2D eigenvalue weighted by Gasteiger charge is 2.10. The second kappa shape index (κ2) is 6.46. The summed E-state index contributed by atoms with van der Waals surface area (Å²) in [5, 5.41) is 6.19. The first kappa shape index (κ1) is 15.0. The SMILES string of the molecule is CCc1cc(-c2nc(C)c(Nc3ccc(Cl)cc3)s2)ccn1. The molecule has 3 nitrogen and oxygen atoms in total. The zero-order chi connectivity index (χ0) is 15.5. The first-order valence-electron chi connectivity index (χ1n) is 7.11. The molecule has 0 saturated carbocycles. The van der Waals surface area contributed by atoms with Gasteiger partial charge in [-0.1, -0.05) is 29.9 Å². The Balaban J connectivity index is 1.88. The Morgan fingerprint density at radius 2 is 1.95 bits per heavy atom. The second-order valence-corrected chi connectivity index (χ2v) is 6.39. The van der Waals surface area contributed by atoms with Crippen molar-refractivity contribution in [2.45, 2.75) is 20.3 Å². The lowest BCUT2D eigenvalue weighted by molar-refractivity contribution is 1.04. The lowest BCUT2D eigenvalue weighted by Crippen LogP contribution is -1.88. The molecule has 3 aromatic rings. The summed E-state index contributed by atoms with van der Waals surface area (Å²) in [5.74, 6) is 0. The minimum Gasteiger partial charge on any atom is -0.346 e. The Bertz CT molecular complexity index is 781. The zero-order valence-electron chi connectivity index (χ0n) is 12.4. The van der Waals surface area contributed by atoms with E-state index < -0.39 is 0 Å². The molecule has 0 spiro atoms. The minimum absolute atomic E-state index is 0.733. The number of aryl methyl sites for hydroxylation is 2. The molecule has 0 bridgehead atoms. The number of nitrogens with zero attached hydrogens (tertiary/aromatic N) is 2. The third-order valence-electron chi connectivity index (χ3n) is 3.32. The highest BCUT2D eigenvalue weighted by atomic mass is 35.5. The molecule has 2 aromatic heterocycles. The molecule has 22 heavy (non-hydrogen) atoms. The van der Waals surface area contributed by atoms with E-state index in [0.29, 0.717) is 0 Å². The van der Waals surface area contributed by atoms with Crippen LogP contribution < -0.4 is 5.32 Å². The number of anilines is 2. The fraction of sp³-hybridized carbons (Fsp3) is 0.176. The summed E-state index contributed by atoms with van der Waals surface area (Å²) in [6.45, 7) is 4.12. The molecular weight excluding hydrogens is 314 g/mol. The van der Waals surface area contributed by atoms with Crippen molar-refractivity contribution in [1.82, 2.24) is 9.97 Å². The van der Waals surface area contributed by atoms with Crippen LogP contribution in [-0.4, -0.2) is 9.97 Å². The molecule has 1 aromatic carbocycles. The van der Waals surface area contributed by atoms with E-state index in [1.807, 2.05) is 43.5 Å². The average Bonchev–Trinajstić information content (AvgIpc) is 2.91. The molecule has 0 aliphatic carbocycles. The predicted molar refractivity (Wildman–Crippen MR) is 94.2 cm³/mol. The smallest absolute Gasteiger partial charge is 0.125 e. The molecule has 112 valence electrons. The highest BCUT2D eigenvalue weighted by Crippen LogP contribution is 2.34. The third kappa shape index (κ3) is 3.29. The molecule has 0 radical (unpaired) electrons. The number of hydrogen-bond donors (Lipinski definition) is 1. The molecule has 0 atom stereocenters. The van der Waals surface area contributed by atoms with Crippen molar-refractivity contribution in [2.75, 3.05) is 5.32 Å². The summed E-state index contributed by atoms with van der Waals surface area (Å²) < 4.78 is 0. The van der Waals surface area contributed by atoms with E-state index in [9.17, 15) is 0 Å². The van der Waals surface area contributed by atoms with Crippen LogP contribution in [0.1, 0.15) is 18.3 Å². The molecule has 0 amide bonds. The molecule has 3 rings (SSSR count). The second-order valence-electron chi connectivity index (χ2n) is 4.95. The number of rotatable bonds is 4. The summed E-state index contributed by atoms with van der Waals surface area (Å²) in [6.07, 6.45) is 2.77. The lowest BCUT2D eigenvalue weighted by Gasteiger charge is -2.03. The normalized spacial score (nSPS) is 10.7. The lowest BCUT2D eigenvalue weighted by atomic mass is 10.2. The van der Waals surface area contributed by atoms with Gasteiger partial charge in [0.05, 0.1) is 5.69 Å². The van der Waals surface area contributed by atoms with E-state index in [0.717, 1.165) is 44.1 Å². The van der Waals surface area contributed by atoms with Gasteiger partial charge < -0.3 is 5.32 Å². The molecule has 2 heterocycles. The standard InChI is InChI=1S/C17H16ClN3S/c1-3-14-10-12(8-9-19-14)17-20-11(2)16(22-17)21-15-6-4-13(18)5-7-15/h4-10,21H,3H2,1-2H3. The summed E-state index contributed by atoms with van der Waals surface area (Å²) in [6, 6.07) is 11.8. The van der Waals surface area contributed by atoms with E-state index in [1.165, 1.54) is 0 Å². The van der Waals surface area contributed by atoms with Crippen molar-refractivity contribution in [2.24, 2.45) is 0 Å². The quantitative estimate of drug-likeness (QED) is 0.689. The Labute approximate surface area is 139 Å². The molecule has 0 unspecified atom stereocenters. The van der Waals surface area contributed by atoms with Crippen molar-refractivity contribution in [3.8, 4) is 10.6 Å². The van der Waals surface area contributed by atoms with Crippen molar-refractivity contribution in [3.63, 3.8) is 0 Å². The van der Waals surface area contributed by atoms with Crippen LogP contribution in [0.2, 0.25) is 5.02 Å². The van der Waals surface area contributed by atoms with Crippen LogP contribution in [0.5, 0.6) is 0 Å². The van der Waals surface area contributed by atoms with Gasteiger partial charge in [0.2, 0.25) is 0 Å². The average molecular weight is 330 g/mol. The maximum atomic E-state index is 5.92. The van der Waals surface area contributed by atoms with Gasteiger partial charge in [0.25, 0.3) is 0 Å². The Morgan fingerprint density at radius 3 is 2.68 bits per heavy atom. The fourth-order valence-electron chi connectivity index (χ4n) is 2.10. The Hall–Kier alpha value is -1.91. The van der Waals surface area contributed by atoms with Crippen LogP contribution >= 0.6 is 22.9 Å². The van der Waals surface area contributed by atoms with Crippen molar-refractivity contribution in [1.29, 1.82) is 0 Å². The van der Waals surface area contributed by atoms with Gasteiger partial charge in [0, 0.05) is 28.2 Å². The predicted octanol–water partition coefficient (Wildman–Crippen LogP) is 5.47. The van der Waals surface area contributed by atoms with Crippen LogP contribution in [0, 0.1) is 6.92 Å². The third-order valence-corrected chi connectivity index (χ3v) is 4.70. The molecule has 0 saturated heterocycles. The number of nitrogens with one attached hydrogen (secondary N) is 1. The van der Waals surface area contributed by atoms with E-state index in [4.69, 9.17) is 11.6 Å². The minimum atomic E-state index is 0.733. The number of pyridine rings is 1. The number of halogens is 1. The maximum Gasteiger partial charge on any atom is 0.125 e. The largest absolute Gasteiger partial charge is 0.346 e. The molecular formula is C17H16ClN3S. The van der Waals surface area contributed by atoms with E-state index in [2.05, 4.69) is 28.3 Å². The van der Waals surface area contributed by atoms with Gasteiger partial charge in [-0.3, -0.25) is 4.98 Å². The van der Waals surface area contributed by atoms with Crippen molar-refractivity contribution < 1.29 is 0 Å². The fourth-order valence-corrected chi connectivity index (χ4v) is 3.21. The Kier molecular flexibility index (Phi) is 4.41. The van der Waals surface area contributed by atoms with Gasteiger partial charge in [-0.2, -0.15) is 0 Å². The Morgan fingerprint density at radius 1 is 1.18 bits per heavy atom. The molecule has 1 N–H and O–H groups in total. The highest BCUT2D eigenvalue weighted by molar-refractivity contribution is 7.19. The van der Waals surface area contributed by atoms with Gasteiger partial charge in [-0.15, -0.1) is 0 Å². The first-order chi connectivity index (χ1) is 10.7. The van der Waals surface area contributed by atoms with Crippen LogP contribution in [0.3, 0.4) is 0 Å². The number of aromatic nitrogens is 2. The van der Waals surface area contributed by atoms with Crippen LogP contribution in [0.4, 0.5) is 10.7 Å². The van der Waals surface area contributed by atoms with Gasteiger partial charge in [-0.25, -0.2) is 4.98 Å². The monoisotopic (exact) mass is 329 g/mol.